The van der Waals surface area contributed by atoms with Crippen molar-refractivity contribution >= 4 is 11.7 Å². The maximum atomic E-state index is 11.7. The molecule has 0 saturated heterocycles. The van der Waals surface area contributed by atoms with Crippen molar-refractivity contribution in [2.75, 3.05) is 12.3 Å². The van der Waals surface area contributed by atoms with Crippen LogP contribution in [0.5, 0.6) is 0 Å². The molecule has 2 aromatic rings. The van der Waals surface area contributed by atoms with Gasteiger partial charge in [-0.1, -0.05) is 0 Å². The van der Waals surface area contributed by atoms with E-state index in [2.05, 4.69) is 15.1 Å². The van der Waals surface area contributed by atoms with Crippen molar-refractivity contribution in [1.82, 2.24) is 19.7 Å². The quantitative estimate of drug-likeness (QED) is 0.796. The first-order chi connectivity index (χ1) is 10.1. The van der Waals surface area contributed by atoms with Gasteiger partial charge in [-0.05, 0) is 19.8 Å². The molecule has 8 nitrogen and oxygen atoms in total. The fraction of sp³-hybridized carbons (Fsp3) is 0.385. The van der Waals surface area contributed by atoms with Crippen molar-refractivity contribution in [2.45, 2.75) is 25.7 Å². The molecular formula is C13H15N5O3. The molecule has 21 heavy (non-hydrogen) atoms. The number of hydrogen-bond donors (Lipinski definition) is 2. The van der Waals surface area contributed by atoms with Crippen molar-refractivity contribution in [3.63, 3.8) is 0 Å². The Morgan fingerprint density at radius 3 is 3.00 bits per heavy atom. The molecule has 8 heteroatoms. The minimum absolute atomic E-state index is 0.0203. The van der Waals surface area contributed by atoms with Crippen molar-refractivity contribution in [2.24, 2.45) is 0 Å². The number of aromatic nitrogens is 4. The van der Waals surface area contributed by atoms with E-state index in [0.29, 0.717) is 17.6 Å². The molecule has 0 aromatic carbocycles. The van der Waals surface area contributed by atoms with Crippen LogP contribution in [0, 0.1) is 0 Å². The van der Waals surface area contributed by atoms with Crippen LogP contribution in [0.4, 0.5) is 5.69 Å². The molecule has 0 spiro atoms. The number of anilines is 1. The average molecular weight is 289 g/mol. The molecule has 3 N–H and O–H groups in total. The van der Waals surface area contributed by atoms with E-state index in [0.717, 1.165) is 12.8 Å². The molecule has 0 unspecified atom stereocenters. The average Bonchev–Trinajstić information content (AvgIpc) is 3.21. The highest BCUT2D eigenvalue weighted by atomic mass is 16.5. The van der Waals surface area contributed by atoms with Gasteiger partial charge in [-0.25, -0.2) is 14.5 Å². The predicted octanol–water partition coefficient (Wildman–Crippen LogP) is 0.592. The van der Waals surface area contributed by atoms with Gasteiger partial charge in [0.15, 0.2) is 11.5 Å². The van der Waals surface area contributed by atoms with Crippen LogP contribution >= 0.6 is 0 Å². The van der Waals surface area contributed by atoms with Gasteiger partial charge >= 0.3 is 5.97 Å². The fourth-order valence-electron chi connectivity index (χ4n) is 1.99. The van der Waals surface area contributed by atoms with Gasteiger partial charge in [0.1, 0.15) is 5.82 Å². The SMILES string of the molecule is CCOC(=O)c1nn(-c2cc(=O)[nH]c(C3CC3)n2)cc1N. The lowest BCUT2D eigenvalue weighted by molar-refractivity contribution is 0.0520. The minimum Gasteiger partial charge on any atom is -0.461 e. The van der Waals surface area contributed by atoms with Gasteiger partial charge in [0.25, 0.3) is 5.56 Å². The van der Waals surface area contributed by atoms with Crippen molar-refractivity contribution in [3.05, 3.63) is 34.1 Å². The number of nitrogens with zero attached hydrogens (tertiary/aromatic N) is 3. The Morgan fingerprint density at radius 1 is 1.57 bits per heavy atom. The molecule has 0 aliphatic heterocycles. The van der Waals surface area contributed by atoms with E-state index >= 15 is 0 Å². The number of hydrogen-bond acceptors (Lipinski definition) is 6. The normalized spacial score (nSPS) is 14.1. The van der Waals surface area contributed by atoms with E-state index in [9.17, 15) is 9.59 Å². The molecule has 2 aromatic heterocycles. The van der Waals surface area contributed by atoms with Gasteiger partial charge in [0.2, 0.25) is 0 Å². The number of aromatic amines is 1. The van der Waals surface area contributed by atoms with Crippen LogP contribution in [0.3, 0.4) is 0 Å². The van der Waals surface area contributed by atoms with E-state index in [-0.39, 0.29) is 23.5 Å². The molecular weight excluding hydrogens is 274 g/mol. The number of nitrogens with two attached hydrogens (primary N) is 1. The summed E-state index contributed by atoms with van der Waals surface area (Å²) in [4.78, 5) is 30.5. The van der Waals surface area contributed by atoms with E-state index in [1.807, 2.05) is 0 Å². The molecule has 110 valence electrons. The predicted molar refractivity (Wildman–Crippen MR) is 74.3 cm³/mol. The van der Waals surface area contributed by atoms with E-state index < -0.39 is 5.97 Å². The van der Waals surface area contributed by atoms with Crippen molar-refractivity contribution in [1.29, 1.82) is 0 Å². The number of carbonyl (C=O) groups is 1. The summed E-state index contributed by atoms with van der Waals surface area (Å²) in [6, 6.07) is 1.31. The van der Waals surface area contributed by atoms with Gasteiger partial charge in [-0.2, -0.15) is 5.10 Å². The van der Waals surface area contributed by atoms with E-state index in [1.54, 1.807) is 6.92 Å². The van der Waals surface area contributed by atoms with Gasteiger partial charge in [0, 0.05) is 12.0 Å². The van der Waals surface area contributed by atoms with Crippen LogP contribution in [0.15, 0.2) is 17.1 Å². The zero-order valence-corrected chi connectivity index (χ0v) is 11.5. The second kappa shape index (κ2) is 5.04. The topological polar surface area (TPSA) is 116 Å². The number of nitrogens with one attached hydrogen (secondary N) is 1. The van der Waals surface area contributed by atoms with Crippen LogP contribution < -0.4 is 11.3 Å². The zero-order valence-electron chi connectivity index (χ0n) is 11.5. The van der Waals surface area contributed by atoms with Gasteiger partial charge in [-0.3, -0.25) is 4.79 Å². The molecule has 1 saturated carbocycles. The van der Waals surface area contributed by atoms with Crippen LogP contribution in [-0.2, 0) is 4.74 Å². The molecule has 0 radical (unpaired) electrons. The highest BCUT2D eigenvalue weighted by Gasteiger charge is 2.27. The lowest BCUT2D eigenvalue weighted by Gasteiger charge is -2.02. The third kappa shape index (κ3) is 2.64. The number of H-pyrrole nitrogens is 1. The summed E-state index contributed by atoms with van der Waals surface area (Å²) in [7, 11) is 0. The van der Waals surface area contributed by atoms with Crippen LogP contribution in [0.2, 0.25) is 0 Å². The number of esters is 1. The summed E-state index contributed by atoms with van der Waals surface area (Å²) < 4.78 is 6.19. The van der Waals surface area contributed by atoms with Crippen LogP contribution in [-0.4, -0.2) is 32.3 Å². The maximum Gasteiger partial charge on any atom is 0.361 e. The number of ether oxygens (including phenoxy) is 1. The van der Waals surface area contributed by atoms with Gasteiger partial charge in [-0.15, -0.1) is 0 Å². The first-order valence-electron chi connectivity index (χ1n) is 6.72. The summed E-state index contributed by atoms with van der Waals surface area (Å²) in [5, 5.41) is 4.06. The van der Waals surface area contributed by atoms with E-state index in [4.69, 9.17) is 10.5 Å². The Morgan fingerprint density at radius 2 is 2.33 bits per heavy atom. The Bertz CT molecular complexity index is 745. The number of carbonyl (C=O) groups excluding carboxylic acids is 1. The first-order valence-corrected chi connectivity index (χ1v) is 6.72. The molecule has 0 atom stereocenters. The largest absolute Gasteiger partial charge is 0.461 e. The highest BCUT2D eigenvalue weighted by molar-refractivity contribution is 5.92. The molecule has 1 fully saturated rings. The highest BCUT2D eigenvalue weighted by Crippen LogP contribution is 2.37. The Balaban J connectivity index is 1.99. The molecule has 1 aliphatic carbocycles. The van der Waals surface area contributed by atoms with Crippen molar-refractivity contribution in [3.8, 4) is 5.82 Å². The fourth-order valence-corrected chi connectivity index (χ4v) is 1.99. The molecule has 2 heterocycles. The van der Waals surface area contributed by atoms with Crippen LogP contribution in [0.1, 0.15) is 42.0 Å². The molecule has 1 aliphatic rings. The second-order valence-electron chi connectivity index (χ2n) is 4.86. The lowest BCUT2D eigenvalue weighted by Crippen LogP contribution is -2.14. The minimum atomic E-state index is -0.596. The zero-order chi connectivity index (χ0) is 15.0. The molecule has 0 bridgehead atoms. The smallest absolute Gasteiger partial charge is 0.361 e. The maximum absolute atomic E-state index is 11.7. The van der Waals surface area contributed by atoms with E-state index in [1.165, 1.54) is 16.9 Å². The van der Waals surface area contributed by atoms with Crippen LogP contribution in [0.25, 0.3) is 5.82 Å². The summed E-state index contributed by atoms with van der Waals surface area (Å²) in [5.41, 5.74) is 5.71. The summed E-state index contributed by atoms with van der Waals surface area (Å²) in [6.07, 6.45) is 3.48. The van der Waals surface area contributed by atoms with Gasteiger partial charge < -0.3 is 15.5 Å². The Labute approximate surface area is 119 Å². The van der Waals surface area contributed by atoms with Crippen molar-refractivity contribution < 1.29 is 9.53 Å². The lowest BCUT2D eigenvalue weighted by atomic mass is 10.4. The Kier molecular flexibility index (Phi) is 3.20. The third-order valence-electron chi connectivity index (χ3n) is 3.16. The Hall–Kier alpha value is -2.64. The molecule has 0 amide bonds. The second-order valence-corrected chi connectivity index (χ2v) is 4.86. The number of nitrogen functional groups attached to an aromatic ring is 1. The van der Waals surface area contributed by atoms with Gasteiger partial charge in [0.05, 0.1) is 18.5 Å². The monoisotopic (exact) mass is 289 g/mol. The standard InChI is InChI=1S/C13H15N5O3/c1-2-21-13(20)11-8(14)6-18(17-11)9-5-10(19)16-12(15-9)7-3-4-7/h5-7H,2-4,14H2,1H3,(H,15,16,19). The number of rotatable bonds is 4. The first kappa shape index (κ1) is 13.3. The third-order valence-corrected chi connectivity index (χ3v) is 3.16. The summed E-state index contributed by atoms with van der Waals surface area (Å²) in [5.74, 6) is 0.684. The summed E-state index contributed by atoms with van der Waals surface area (Å²) >= 11 is 0. The molecule has 3 rings (SSSR count). The summed E-state index contributed by atoms with van der Waals surface area (Å²) in [6.45, 7) is 1.94.